The van der Waals surface area contributed by atoms with Crippen molar-refractivity contribution in [1.29, 1.82) is 0 Å². The fourth-order valence-corrected chi connectivity index (χ4v) is 3.53. The van der Waals surface area contributed by atoms with Crippen LogP contribution in [0.3, 0.4) is 0 Å². The van der Waals surface area contributed by atoms with Crippen LogP contribution in [0.2, 0.25) is 0 Å². The summed E-state index contributed by atoms with van der Waals surface area (Å²) in [6, 6.07) is 5.32. The largest absolute Gasteiger partial charge is 0.366 e. The highest BCUT2D eigenvalue weighted by atomic mass is 16.1. The van der Waals surface area contributed by atoms with Crippen LogP contribution in [0.1, 0.15) is 42.0 Å². The standard InChI is InChI=1S/C21H31N7O/c1-13(2)12-28(4)21-26-18(9-15-7-8-23-11-15)25-20(27-21)24-17-10-16(19(22)29)6-5-14(17)3/h5-6,10,13,15,23H,7-9,11-12H2,1-4H3,(H2,22,29)(H,24,25,26,27)/t15-/m0/s1. The summed E-state index contributed by atoms with van der Waals surface area (Å²) in [5.74, 6) is 2.48. The molecule has 2 aromatic rings. The topological polar surface area (TPSA) is 109 Å². The minimum atomic E-state index is -0.463. The maximum absolute atomic E-state index is 11.6. The molecule has 1 aromatic heterocycles. The molecule has 1 atom stereocenters. The number of hydrogen-bond donors (Lipinski definition) is 3. The molecule has 3 rings (SSSR count). The van der Waals surface area contributed by atoms with Gasteiger partial charge in [0.2, 0.25) is 17.8 Å². The zero-order valence-electron chi connectivity index (χ0n) is 17.7. The van der Waals surface area contributed by atoms with E-state index in [0.29, 0.717) is 29.3 Å². The normalized spacial score (nSPS) is 16.2. The first-order valence-corrected chi connectivity index (χ1v) is 10.2. The van der Waals surface area contributed by atoms with Crippen molar-refractivity contribution in [3.8, 4) is 0 Å². The van der Waals surface area contributed by atoms with E-state index in [4.69, 9.17) is 10.7 Å². The fourth-order valence-electron chi connectivity index (χ4n) is 3.53. The number of primary amides is 1. The van der Waals surface area contributed by atoms with Gasteiger partial charge in [-0.2, -0.15) is 15.0 Å². The van der Waals surface area contributed by atoms with Crippen molar-refractivity contribution < 1.29 is 4.79 Å². The van der Waals surface area contributed by atoms with E-state index in [2.05, 4.69) is 39.3 Å². The second-order valence-electron chi connectivity index (χ2n) is 8.23. The molecule has 0 radical (unpaired) electrons. The van der Waals surface area contributed by atoms with E-state index in [9.17, 15) is 4.79 Å². The van der Waals surface area contributed by atoms with Crippen LogP contribution in [0.25, 0.3) is 0 Å². The quantitative estimate of drug-likeness (QED) is 0.627. The predicted octanol–water partition coefficient (Wildman–Crippen LogP) is 2.27. The minimum absolute atomic E-state index is 0.446. The summed E-state index contributed by atoms with van der Waals surface area (Å²) < 4.78 is 0. The van der Waals surface area contributed by atoms with Gasteiger partial charge in [0.25, 0.3) is 0 Å². The molecule has 0 spiro atoms. The Labute approximate surface area is 172 Å². The fraction of sp³-hybridized carbons (Fsp3) is 0.524. The number of nitrogens with one attached hydrogen (secondary N) is 2. The molecule has 0 aliphatic carbocycles. The average Bonchev–Trinajstić information content (AvgIpc) is 3.15. The Morgan fingerprint density at radius 2 is 2.14 bits per heavy atom. The zero-order chi connectivity index (χ0) is 21.0. The lowest BCUT2D eigenvalue weighted by Crippen LogP contribution is -2.26. The van der Waals surface area contributed by atoms with Gasteiger partial charge in [-0.1, -0.05) is 19.9 Å². The first kappa shape index (κ1) is 21.0. The lowest BCUT2D eigenvalue weighted by atomic mass is 10.0. The summed E-state index contributed by atoms with van der Waals surface area (Å²) in [6.45, 7) is 9.18. The number of hydrogen-bond acceptors (Lipinski definition) is 7. The van der Waals surface area contributed by atoms with Crippen molar-refractivity contribution in [3.05, 3.63) is 35.2 Å². The number of carbonyl (C=O) groups excluding carboxylic acids is 1. The van der Waals surface area contributed by atoms with Crippen molar-refractivity contribution in [2.75, 3.05) is 36.9 Å². The van der Waals surface area contributed by atoms with Gasteiger partial charge in [-0.15, -0.1) is 0 Å². The highest BCUT2D eigenvalue weighted by Gasteiger charge is 2.19. The maximum atomic E-state index is 11.6. The molecule has 156 valence electrons. The van der Waals surface area contributed by atoms with Gasteiger partial charge < -0.3 is 21.3 Å². The smallest absolute Gasteiger partial charge is 0.248 e. The molecule has 1 aromatic carbocycles. The Hall–Kier alpha value is -2.74. The number of aromatic nitrogens is 3. The zero-order valence-corrected chi connectivity index (χ0v) is 17.7. The maximum Gasteiger partial charge on any atom is 0.248 e. The van der Waals surface area contributed by atoms with Gasteiger partial charge in [0.15, 0.2) is 0 Å². The van der Waals surface area contributed by atoms with E-state index < -0.39 is 5.91 Å². The van der Waals surface area contributed by atoms with Crippen LogP contribution >= 0.6 is 0 Å². The number of rotatable bonds is 8. The van der Waals surface area contributed by atoms with Gasteiger partial charge in [-0.05, 0) is 56.0 Å². The minimum Gasteiger partial charge on any atom is -0.366 e. The lowest BCUT2D eigenvalue weighted by Gasteiger charge is -2.21. The lowest BCUT2D eigenvalue weighted by molar-refractivity contribution is 0.100. The molecule has 8 heteroatoms. The Morgan fingerprint density at radius 3 is 2.79 bits per heavy atom. The molecule has 1 aliphatic rings. The van der Waals surface area contributed by atoms with Gasteiger partial charge >= 0.3 is 0 Å². The molecule has 0 saturated carbocycles. The average molecular weight is 398 g/mol. The molecule has 1 saturated heterocycles. The van der Waals surface area contributed by atoms with Crippen LogP contribution in [0, 0.1) is 18.8 Å². The molecule has 8 nitrogen and oxygen atoms in total. The molecule has 0 unspecified atom stereocenters. The second kappa shape index (κ2) is 9.17. The van der Waals surface area contributed by atoms with Crippen molar-refractivity contribution in [2.24, 2.45) is 17.6 Å². The van der Waals surface area contributed by atoms with Crippen LogP contribution < -0.4 is 21.3 Å². The van der Waals surface area contributed by atoms with Gasteiger partial charge in [-0.25, -0.2) is 0 Å². The second-order valence-corrected chi connectivity index (χ2v) is 8.23. The molecular weight excluding hydrogens is 366 g/mol. The molecule has 1 fully saturated rings. The van der Waals surface area contributed by atoms with E-state index in [0.717, 1.165) is 49.6 Å². The third kappa shape index (κ3) is 5.63. The number of aryl methyl sites for hydroxylation is 1. The Bertz CT molecular complexity index is 862. The number of benzene rings is 1. The van der Waals surface area contributed by atoms with Crippen molar-refractivity contribution in [2.45, 2.75) is 33.6 Å². The van der Waals surface area contributed by atoms with Crippen LogP contribution in [-0.4, -0.2) is 47.5 Å². The summed E-state index contributed by atoms with van der Waals surface area (Å²) in [4.78, 5) is 27.6. The molecule has 1 amide bonds. The van der Waals surface area contributed by atoms with E-state index >= 15 is 0 Å². The Kier molecular flexibility index (Phi) is 6.64. The summed E-state index contributed by atoms with van der Waals surface area (Å²) in [5.41, 5.74) is 7.62. The number of anilines is 3. The number of nitrogens with two attached hydrogens (primary N) is 1. The first-order chi connectivity index (χ1) is 13.8. The third-order valence-corrected chi connectivity index (χ3v) is 5.05. The van der Waals surface area contributed by atoms with Crippen molar-refractivity contribution >= 4 is 23.5 Å². The van der Waals surface area contributed by atoms with E-state index in [1.54, 1.807) is 12.1 Å². The molecule has 0 bridgehead atoms. The van der Waals surface area contributed by atoms with Crippen molar-refractivity contribution in [3.63, 3.8) is 0 Å². The van der Waals surface area contributed by atoms with E-state index in [1.165, 1.54) is 0 Å². The molecule has 1 aliphatic heterocycles. The number of amides is 1. The van der Waals surface area contributed by atoms with Crippen LogP contribution in [0.4, 0.5) is 17.6 Å². The summed E-state index contributed by atoms with van der Waals surface area (Å²) >= 11 is 0. The molecule has 4 N–H and O–H groups in total. The summed E-state index contributed by atoms with van der Waals surface area (Å²) in [6.07, 6.45) is 1.94. The third-order valence-electron chi connectivity index (χ3n) is 5.05. The van der Waals surface area contributed by atoms with Crippen molar-refractivity contribution in [1.82, 2.24) is 20.3 Å². The van der Waals surface area contributed by atoms with Gasteiger partial charge in [0.1, 0.15) is 5.82 Å². The van der Waals surface area contributed by atoms with Crippen LogP contribution in [0.5, 0.6) is 0 Å². The summed E-state index contributed by atoms with van der Waals surface area (Å²) in [7, 11) is 2.00. The van der Waals surface area contributed by atoms with E-state index in [1.807, 2.05) is 20.0 Å². The molecule has 29 heavy (non-hydrogen) atoms. The first-order valence-electron chi connectivity index (χ1n) is 10.2. The predicted molar refractivity (Wildman–Crippen MR) is 116 cm³/mol. The van der Waals surface area contributed by atoms with Crippen LogP contribution in [0.15, 0.2) is 18.2 Å². The van der Waals surface area contributed by atoms with Gasteiger partial charge in [0, 0.05) is 31.3 Å². The van der Waals surface area contributed by atoms with Gasteiger partial charge in [0.05, 0.1) is 0 Å². The highest BCUT2D eigenvalue weighted by Crippen LogP contribution is 2.22. The molecular formula is C21H31N7O. The Balaban J connectivity index is 1.91. The number of nitrogens with zero attached hydrogens (tertiary/aromatic N) is 4. The highest BCUT2D eigenvalue weighted by molar-refractivity contribution is 5.94. The molecule has 2 heterocycles. The van der Waals surface area contributed by atoms with Gasteiger partial charge in [-0.3, -0.25) is 4.79 Å². The Morgan fingerprint density at radius 1 is 1.34 bits per heavy atom. The van der Waals surface area contributed by atoms with Crippen LogP contribution in [-0.2, 0) is 6.42 Å². The van der Waals surface area contributed by atoms with E-state index in [-0.39, 0.29) is 0 Å². The SMILES string of the molecule is Cc1ccc(C(N)=O)cc1Nc1nc(C[C@@H]2CCNC2)nc(N(C)CC(C)C)n1. The number of carbonyl (C=O) groups is 1. The monoisotopic (exact) mass is 397 g/mol. The summed E-state index contributed by atoms with van der Waals surface area (Å²) in [5, 5.41) is 6.66.